The summed E-state index contributed by atoms with van der Waals surface area (Å²) < 4.78 is 14.0. The number of amides is 1. The van der Waals surface area contributed by atoms with E-state index in [0.717, 1.165) is 18.9 Å². The maximum Gasteiger partial charge on any atom is 0.407 e. The number of aromatic nitrogens is 2. The monoisotopic (exact) mass is 403 g/mol. The van der Waals surface area contributed by atoms with Crippen LogP contribution in [0.25, 0.3) is 0 Å². The highest BCUT2D eigenvalue weighted by Crippen LogP contribution is 2.24. The van der Waals surface area contributed by atoms with Gasteiger partial charge in [0.15, 0.2) is 0 Å². The Balaban J connectivity index is 1.66. The maximum atomic E-state index is 14.0. The van der Waals surface area contributed by atoms with Gasteiger partial charge in [0.25, 0.3) is 0 Å². The molecule has 0 atom stereocenters. The molecule has 3 N–H and O–H groups in total. The molecule has 9 nitrogen and oxygen atoms in total. The van der Waals surface area contributed by atoms with E-state index in [1.54, 1.807) is 6.07 Å². The molecule has 2 heterocycles. The number of carbonyl (C=O) groups is 2. The van der Waals surface area contributed by atoms with E-state index in [4.69, 9.17) is 10.2 Å². The zero-order chi connectivity index (χ0) is 21.0. The fraction of sp³-hybridized carbons (Fsp3) is 0.368. The Morgan fingerprint density at radius 2 is 1.97 bits per heavy atom. The fourth-order valence-electron chi connectivity index (χ4n) is 3.30. The van der Waals surface area contributed by atoms with Gasteiger partial charge in [-0.1, -0.05) is 0 Å². The van der Waals surface area contributed by atoms with Gasteiger partial charge >= 0.3 is 12.1 Å². The van der Waals surface area contributed by atoms with Crippen LogP contribution >= 0.6 is 0 Å². The minimum Gasteiger partial charge on any atom is -0.478 e. The van der Waals surface area contributed by atoms with Crippen molar-refractivity contribution in [1.82, 2.24) is 14.9 Å². The van der Waals surface area contributed by atoms with E-state index in [0.29, 0.717) is 37.2 Å². The highest BCUT2D eigenvalue weighted by Gasteiger charge is 2.23. The summed E-state index contributed by atoms with van der Waals surface area (Å²) in [6.45, 7) is 1.74. The zero-order valence-corrected chi connectivity index (χ0v) is 15.9. The number of carboxylic acids is 1. The molecule has 29 heavy (non-hydrogen) atoms. The van der Waals surface area contributed by atoms with Crippen molar-refractivity contribution in [2.75, 3.05) is 36.9 Å². The summed E-state index contributed by atoms with van der Waals surface area (Å²) in [5, 5.41) is 20.9. The molecule has 1 aliphatic rings. The molecule has 3 rings (SSSR count). The summed E-state index contributed by atoms with van der Waals surface area (Å²) in [4.78, 5) is 33.8. The standard InChI is InChI=1S/C19H22FN5O4/c1-24(10-12-4-6-25(7-5-12)19(28)29)17-9-16(21-11-22-17)23-15-8-13(18(26)27)2-3-14(15)20/h2-3,8-9,11-12H,4-7,10H2,1H3,(H,26,27)(H,28,29)(H,21,22,23). The summed E-state index contributed by atoms with van der Waals surface area (Å²) in [7, 11) is 1.88. The van der Waals surface area contributed by atoms with Crippen molar-refractivity contribution in [3.8, 4) is 0 Å². The van der Waals surface area contributed by atoms with E-state index < -0.39 is 17.9 Å². The molecule has 0 spiro atoms. The van der Waals surface area contributed by atoms with Crippen LogP contribution in [0.15, 0.2) is 30.6 Å². The van der Waals surface area contributed by atoms with Crippen molar-refractivity contribution < 1.29 is 24.2 Å². The molecule has 1 aromatic carbocycles. The summed E-state index contributed by atoms with van der Waals surface area (Å²) in [6.07, 6.45) is 2.02. The van der Waals surface area contributed by atoms with E-state index in [-0.39, 0.29) is 11.3 Å². The van der Waals surface area contributed by atoms with Gasteiger partial charge in [-0.05, 0) is 37.0 Å². The third-order valence-electron chi connectivity index (χ3n) is 4.94. The van der Waals surface area contributed by atoms with E-state index >= 15 is 0 Å². The van der Waals surface area contributed by atoms with Gasteiger partial charge in [-0.2, -0.15) is 0 Å². The molecule has 0 aliphatic carbocycles. The number of nitrogens with one attached hydrogen (secondary N) is 1. The topological polar surface area (TPSA) is 119 Å². The molecule has 0 radical (unpaired) electrons. The number of carboxylic acid groups (broad SMARTS) is 2. The van der Waals surface area contributed by atoms with Crippen molar-refractivity contribution in [1.29, 1.82) is 0 Å². The third kappa shape index (κ3) is 5.09. The Bertz CT molecular complexity index is 902. The van der Waals surface area contributed by atoms with Crippen LogP contribution in [-0.4, -0.2) is 63.8 Å². The van der Waals surface area contributed by atoms with Gasteiger partial charge < -0.3 is 25.3 Å². The maximum absolute atomic E-state index is 14.0. The summed E-state index contributed by atoms with van der Waals surface area (Å²) in [6, 6.07) is 5.14. The average Bonchev–Trinajstić information content (AvgIpc) is 2.70. The molecule has 10 heteroatoms. The molecule has 1 fully saturated rings. The van der Waals surface area contributed by atoms with Crippen LogP contribution in [0.5, 0.6) is 0 Å². The number of hydrogen-bond donors (Lipinski definition) is 3. The largest absolute Gasteiger partial charge is 0.478 e. The molecule has 154 valence electrons. The number of likely N-dealkylation sites (tertiary alicyclic amines) is 1. The second kappa shape index (κ2) is 8.72. The van der Waals surface area contributed by atoms with Crippen LogP contribution in [0.3, 0.4) is 0 Å². The van der Waals surface area contributed by atoms with Gasteiger partial charge in [-0.25, -0.2) is 23.9 Å². The first-order chi connectivity index (χ1) is 13.8. The second-order valence-corrected chi connectivity index (χ2v) is 6.98. The van der Waals surface area contributed by atoms with Gasteiger partial charge in [-0.15, -0.1) is 0 Å². The van der Waals surface area contributed by atoms with Gasteiger partial charge in [0.2, 0.25) is 0 Å². The van der Waals surface area contributed by atoms with Crippen LogP contribution in [0.4, 0.5) is 26.5 Å². The predicted octanol–water partition coefficient (Wildman–Crippen LogP) is 2.88. The summed E-state index contributed by atoms with van der Waals surface area (Å²) in [5.74, 6) is -0.438. The third-order valence-corrected chi connectivity index (χ3v) is 4.94. The Labute approximate surface area is 166 Å². The van der Waals surface area contributed by atoms with Crippen LogP contribution in [0, 0.1) is 11.7 Å². The fourth-order valence-corrected chi connectivity index (χ4v) is 3.30. The Hall–Kier alpha value is -3.43. The summed E-state index contributed by atoms with van der Waals surface area (Å²) >= 11 is 0. The molecule has 0 bridgehead atoms. The molecule has 1 amide bonds. The second-order valence-electron chi connectivity index (χ2n) is 6.98. The van der Waals surface area contributed by atoms with Gasteiger partial charge in [0, 0.05) is 32.7 Å². The van der Waals surface area contributed by atoms with Crippen molar-refractivity contribution in [3.05, 3.63) is 42.0 Å². The van der Waals surface area contributed by atoms with Crippen molar-refractivity contribution in [3.63, 3.8) is 0 Å². The first-order valence-corrected chi connectivity index (χ1v) is 9.14. The molecule has 0 saturated carbocycles. The normalized spacial score (nSPS) is 14.5. The summed E-state index contributed by atoms with van der Waals surface area (Å²) in [5.41, 5.74) is -0.0220. The number of aromatic carboxylic acids is 1. The molecule has 0 unspecified atom stereocenters. The Kier molecular flexibility index (Phi) is 6.10. The molecular weight excluding hydrogens is 381 g/mol. The minimum absolute atomic E-state index is 0.0123. The number of hydrogen-bond acceptors (Lipinski definition) is 6. The quantitative estimate of drug-likeness (QED) is 0.674. The number of benzene rings is 1. The van der Waals surface area contributed by atoms with Gasteiger partial charge in [0.05, 0.1) is 11.3 Å². The number of halogens is 1. The predicted molar refractivity (Wildman–Crippen MR) is 104 cm³/mol. The van der Waals surface area contributed by atoms with E-state index in [2.05, 4.69) is 15.3 Å². The first kappa shape index (κ1) is 20.3. The molecular formula is C19H22FN5O4. The van der Waals surface area contributed by atoms with Crippen LogP contribution in [-0.2, 0) is 0 Å². The molecule has 1 saturated heterocycles. The van der Waals surface area contributed by atoms with E-state index in [1.807, 2.05) is 11.9 Å². The van der Waals surface area contributed by atoms with E-state index in [1.165, 1.54) is 23.4 Å². The lowest BCUT2D eigenvalue weighted by Gasteiger charge is -2.32. The van der Waals surface area contributed by atoms with Crippen molar-refractivity contribution >= 4 is 29.4 Å². The number of piperidine rings is 1. The lowest BCUT2D eigenvalue weighted by Crippen LogP contribution is -2.40. The van der Waals surface area contributed by atoms with Crippen LogP contribution in [0.1, 0.15) is 23.2 Å². The number of nitrogens with zero attached hydrogens (tertiary/aromatic N) is 4. The highest BCUT2D eigenvalue weighted by molar-refractivity contribution is 5.89. The lowest BCUT2D eigenvalue weighted by atomic mass is 9.96. The van der Waals surface area contributed by atoms with Gasteiger partial charge in [0.1, 0.15) is 23.8 Å². The first-order valence-electron chi connectivity index (χ1n) is 9.14. The molecule has 2 aromatic rings. The number of anilines is 3. The average molecular weight is 403 g/mol. The molecule has 1 aromatic heterocycles. The molecule has 1 aliphatic heterocycles. The highest BCUT2D eigenvalue weighted by atomic mass is 19.1. The minimum atomic E-state index is -1.15. The van der Waals surface area contributed by atoms with Gasteiger partial charge in [-0.3, -0.25) is 0 Å². The lowest BCUT2D eigenvalue weighted by molar-refractivity contribution is 0.0696. The Morgan fingerprint density at radius 3 is 2.62 bits per heavy atom. The Morgan fingerprint density at radius 1 is 1.24 bits per heavy atom. The van der Waals surface area contributed by atoms with E-state index in [9.17, 15) is 14.0 Å². The van der Waals surface area contributed by atoms with Crippen molar-refractivity contribution in [2.24, 2.45) is 5.92 Å². The van der Waals surface area contributed by atoms with Crippen LogP contribution in [0.2, 0.25) is 0 Å². The smallest absolute Gasteiger partial charge is 0.407 e. The van der Waals surface area contributed by atoms with Crippen LogP contribution < -0.4 is 10.2 Å². The number of rotatable bonds is 6. The SMILES string of the molecule is CN(CC1CCN(C(=O)O)CC1)c1cc(Nc2cc(C(=O)O)ccc2F)ncn1. The zero-order valence-electron chi connectivity index (χ0n) is 15.9. The van der Waals surface area contributed by atoms with Crippen molar-refractivity contribution in [2.45, 2.75) is 12.8 Å².